The molecule has 2 N–H and O–H groups in total. The van der Waals surface area contributed by atoms with Gasteiger partial charge in [0.05, 0.1) is 11.4 Å². The first-order valence-electron chi connectivity index (χ1n) is 8.79. The molecule has 0 bridgehead atoms. The van der Waals surface area contributed by atoms with E-state index in [9.17, 15) is 5.26 Å². The monoisotopic (exact) mass is 360 g/mol. The van der Waals surface area contributed by atoms with Gasteiger partial charge in [-0.2, -0.15) is 10.4 Å². The van der Waals surface area contributed by atoms with Gasteiger partial charge in [0.2, 0.25) is 0 Å². The number of nitrogens with two attached hydrogens (primary N) is 1. The Morgan fingerprint density at radius 3 is 2.37 bits per heavy atom. The Balaban J connectivity index is 2.12. The molecule has 1 atom stereocenters. The van der Waals surface area contributed by atoms with Crippen molar-refractivity contribution in [1.82, 2.24) is 19.7 Å². The van der Waals surface area contributed by atoms with Crippen molar-refractivity contribution in [3.05, 3.63) is 53.3 Å². The third-order valence-electron chi connectivity index (χ3n) is 4.93. The fourth-order valence-corrected chi connectivity index (χ4v) is 3.14. The number of pyridine rings is 1. The molecule has 0 aliphatic rings. The highest BCUT2D eigenvalue weighted by molar-refractivity contribution is 5.80. The van der Waals surface area contributed by atoms with Gasteiger partial charge in [-0.05, 0) is 45.1 Å². The molecule has 3 rings (SSSR count). The number of aryl methyl sites for hydroxylation is 2. The highest BCUT2D eigenvalue weighted by atomic mass is 15.2. The molecule has 3 aromatic rings. The summed E-state index contributed by atoms with van der Waals surface area (Å²) in [5.74, 6) is 0.235. The molecule has 1 aromatic carbocycles. The standard InChI is InChI=1S/C21H24N6/c1-13-19(12-27(5)25-13)20-10-17(18(11-22)21(23)24-20)16-8-6-15(7-9-16)14(2)26(3)4/h6-10,12,14H,1-5H3,(H2,23,24). The van der Waals surface area contributed by atoms with Crippen molar-refractivity contribution in [3.8, 4) is 28.5 Å². The van der Waals surface area contributed by atoms with Crippen LogP contribution in [0.25, 0.3) is 22.4 Å². The Morgan fingerprint density at radius 1 is 1.19 bits per heavy atom. The number of rotatable bonds is 4. The first kappa shape index (κ1) is 18.6. The minimum absolute atomic E-state index is 0.235. The lowest BCUT2D eigenvalue weighted by Gasteiger charge is -2.20. The lowest BCUT2D eigenvalue weighted by atomic mass is 9.96. The van der Waals surface area contributed by atoms with Crippen LogP contribution in [0.5, 0.6) is 0 Å². The zero-order chi connectivity index (χ0) is 19.7. The van der Waals surface area contributed by atoms with Gasteiger partial charge in [0.15, 0.2) is 0 Å². The first-order chi connectivity index (χ1) is 12.8. The fourth-order valence-electron chi connectivity index (χ4n) is 3.14. The van der Waals surface area contributed by atoms with E-state index in [2.05, 4.69) is 54.2 Å². The van der Waals surface area contributed by atoms with Crippen LogP contribution in [-0.4, -0.2) is 33.8 Å². The Labute approximate surface area is 159 Å². The highest BCUT2D eigenvalue weighted by Crippen LogP contribution is 2.32. The molecular weight excluding hydrogens is 336 g/mol. The van der Waals surface area contributed by atoms with Crippen LogP contribution < -0.4 is 5.73 Å². The number of aromatic nitrogens is 3. The highest BCUT2D eigenvalue weighted by Gasteiger charge is 2.16. The number of benzene rings is 1. The summed E-state index contributed by atoms with van der Waals surface area (Å²) in [5.41, 5.74) is 12.0. The molecular formula is C21H24N6. The number of anilines is 1. The SMILES string of the molecule is Cc1nn(C)cc1-c1cc(-c2ccc(C(C)N(C)C)cc2)c(C#N)c(N)n1. The van der Waals surface area contributed by atoms with E-state index >= 15 is 0 Å². The first-order valence-corrected chi connectivity index (χ1v) is 8.79. The third-order valence-corrected chi connectivity index (χ3v) is 4.93. The van der Waals surface area contributed by atoms with Crippen molar-refractivity contribution in [2.75, 3.05) is 19.8 Å². The van der Waals surface area contributed by atoms with E-state index < -0.39 is 0 Å². The van der Waals surface area contributed by atoms with Crippen LogP contribution >= 0.6 is 0 Å². The van der Waals surface area contributed by atoms with E-state index in [-0.39, 0.29) is 5.82 Å². The molecule has 0 aliphatic heterocycles. The lowest BCUT2D eigenvalue weighted by Crippen LogP contribution is -2.16. The van der Waals surface area contributed by atoms with Gasteiger partial charge in [-0.3, -0.25) is 4.68 Å². The zero-order valence-corrected chi connectivity index (χ0v) is 16.4. The maximum absolute atomic E-state index is 9.60. The molecule has 6 heteroatoms. The minimum atomic E-state index is 0.235. The molecule has 27 heavy (non-hydrogen) atoms. The maximum Gasteiger partial charge on any atom is 0.142 e. The number of hydrogen-bond donors (Lipinski definition) is 1. The molecule has 0 aliphatic carbocycles. The minimum Gasteiger partial charge on any atom is -0.383 e. The maximum atomic E-state index is 9.60. The molecule has 138 valence electrons. The lowest BCUT2D eigenvalue weighted by molar-refractivity contribution is 0.321. The van der Waals surface area contributed by atoms with Gasteiger partial charge in [0.1, 0.15) is 17.5 Å². The normalized spacial score (nSPS) is 12.2. The van der Waals surface area contributed by atoms with Crippen LogP contribution in [0.4, 0.5) is 5.82 Å². The van der Waals surface area contributed by atoms with Crippen molar-refractivity contribution in [1.29, 1.82) is 5.26 Å². The fraction of sp³-hybridized carbons (Fsp3) is 0.286. The van der Waals surface area contributed by atoms with Crippen molar-refractivity contribution in [2.24, 2.45) is 7.05 Å². The van der Waals surface area contributed by atoms with Crippen LogP contribution in [-0.2, 0) is 7.05 Å². The van der Waals surface area contributed by atoms with E-state index in [0.717, 1.165) is 28.1 Å². The predicted octanol–water partition coefficient (Wildman–Crippen LogP) is 3.53. The summed E-state index contributed by atoms with van der Waals surface area (Å²) in [4.78, 5) is 6.59. The quantitative estimate of drug-likeness (QED) is 0.769. The van der Waals surface area contributed by atoms with Crippen molar-refractivity contribution in [2.45, 2.75) is 19.9 Å². The Bertz CT molecular complexity index is 1010. The van der Waals surface area contributed by atoms with Crippen LogP contribution in [0.2, 0.25) is 0 Å². The molecule has 0 amide bonds. The Morgan fingerprint density at radius 2 is 1.85 bits per heavy atom. The summed E-state index contributed by atoms with van der Waals surface area (Å²) in [5, 5.41) is 14.0. The predicted molar refractivity (Wildman–Crippen MR) is 108 cm³/mol. The number of nitriles is 1. The van der Waals surface area contributed by atoms with Crippen molar-refractivity contribution < 1.29 is 0 Å². The third kappa shape index (κ3) is 3.55. The van der Waals surface area contributed by atoms with Gasteiger partial charge in [0.25, 0.3) is 0 Å². The summed E-state index contributed by atoms with van der Waals surface area (Å²) in [6, 6.07) is 12.7. The van der Waals surface area contributed by atoms with Crippen LogP contribution in [0.1, 0.15) is 29.8 Å². The van der Waals surface area contributed by atoms with E-state index in [1.54, 1.807) is 4.68 Å². The zero-order valence-electron chi connectivity index (χ0n) is 16.4. The van der Waals surface area contributed by atoms with Crippen LogP contribution in [0.3, 0.4) is 0 Å². The molecule has 1 unspecified atom stereocenters. The van der Waals surface area contributed by atoms with Gasteiger partial charge >= 0.3 is 0 Å². The number of nitrogen functional groups attached to an aromatic ring is 1. The van der Waals surface area contributed by atoms with Gasteiger partial charge in [-0.25, -0.2) is 4.98 Å². The second-order valence-electron chi connectivity index (χ2n) is 6.99. The van der Waals surface area contributed by atoms with Crippen molar-refractivity contribution in [3.63, 3.8) is 0 Å². The Hall–Kier alpha value is -3.17. The molecule has 0 radical (unpaired) electrons. The van der Waals surface area contributed by atoms with Crippen molar-refractivity contribution >= 4 is 5.82 Å². The summed E-state index contributed by atoms with van der Waals surface area (Å²) in [7, 11) is 5.98. The van der Waals surface area contributed by atoms with E-state index in [4.69, 9.17) is 5.73 Å². The molecule has 2 aromatic heterocycles. The summed E-state index contributed by atoms with van der Waals surface area (Å²) in [6.45, 7) is 4.09. The summed E-state index contributed by atoms with van der Waals surface area (Å²) < 4.78 is 1.75. The van der Waals surface area contributed by atoms with E-state index in [1.807, 2.05) is 38.4 Å². The van der Waals surface area contributed by atoms with Gasteiger partial charge < -0.3 is 10.6 Å². The topological polar surface area (TPSA) is 83.8 Å². The molecule has 0 saturated heterocycles. The van der Waals surface area contributed by atoms with Crippen LogP contribution in [0, 0.1) is 18.3 Å². The second-order valence-corrected chi connectivity index (χ2v) is 6.99. The molecule has 0 fully saturated rings. The molecule has 0 spiro atoms. The van der Waals surface area contributed by atoms with Gasteiger partial charge in [0, 0.05) is 30.4 Å². The Kier molecular flexibility index (Phi) is 4.98. The summed E-state index contributed by atoms with van der Waals surface area (Å²) in [6.07, 6.45) is 1.91. The second kappa shape index (κ2) is 7.22. The molecule has 6 nitrogen and oxygen atoms in total. The number of nitrogens with zero attached hydrogens (tertiary/aromatic N) is 5. The van der Waals surface area contributed by atoms with Crippen LogP contribution in [0.15, 0.2) is 36.5 Å². The van der Waals surface area contributed by atoms with Gasteiger partial charge in [-0.1, -0.05) is 24.3 Å². The molecule has 2 heterocycles. The van der Waals surface area contributed by atoms with E-state index in [1.165, 1.54) is 5.56 Å². The van der Waals surface area contributed by atoms with Gasteiger partial charge in [-0.15, -0.1) is 0 Å². The number of hydrogen-bond acceptors (Lipinski definition) is 5. The molecule has 0 saturated carbocycles. The van der Waals surface area contributed by atoms with E-state index in [0.29, 0.717) is 11.6 Å². The largest absolute Gasteiger partial charge is 0.383 e. The average molecular weight is 360 g/mol. The smallest absolute Gasteiger partial charge is 0.142 e. The average Bonchev–Trinajstić information content (AvgIpc) is 2.98. The summed E-state index contributed by atoms with van der Waals surface area (Å²) >= 11 is 0.